The van der Waals surface area contributed by atoms with Gasteiger partial charge in [-0.15, -0.1) is 0 Å². The highest BCUT2D eigenvalue weighted by Gasteiger charge is 2.73. The second-order valence-corrected chi connectivity index (χ2v) is 13.8. The summed E-state index contributed by atoms with van der Waals surface area (Å²) in [4.78, 5) is 34.1. The molecule has 1 amide bonds. The summed E-state index contributed by atoms with van der Waals surface area (Å²) in [5.41, 5.74) is 2.46. The number of phenolic OH excluding ortho intramolecular Hbond substituents is 1. The number of hydrogen-bond donors (Lipinski definition) is 5. The lowest BCUT2D eigenvalue weighted by atomic mass is 9.48. The molecule has 2 aromatic rings. The van der Waals surface area contributed by atoms with E-state index >= 15 is 0 Å². The molecule has 43 heavy (non-hydrogen) atoms. The molecule has 2 aromatic carbocycles. The van der Waals surface area contributed by atoms with Gasteiger partial charge < -0.3 is 30.5 Å². The first kappa shape index (κ1) is 29.4. The van der Waals surface area contributed by atoms with Crippen LogP contribution < -0.4 is 10.1 Å². The van der Waals surface area contributed by atoms with Gasteiger partial charge in [0.1, 0.15) is 6.10 Å². The fraction of sp³-hybridized carbons (Fsp3) is 0.545. The largest absolute Gasteiger partial charge is 0.504 e. The molecule has 1 saturated heterocycles. The molecule has 5 aliphatic rings. The molecule has 10 heteroatoms. The number of aliphatic carboxylic acids is 2. The van der Waals surface area contributed by atoms with Gasteiger partial charge in [-0.1, -0.05) is 39.0 Å². The third-order valence-corrected chi connectivity index (χ3v) is 10.3. The molecule has 0 aromatic heterocycles. The number of carboxylic acid groups (broad SMARTS) is 2. The van der Waals surface area contributed by atoms with Crippen LogP contribution in [0.1, 0.15) is 79.9 Å². The Morgan fingerprint density at radius 2 is 1.67 bits per heavy atom. The first-order valence-corrected chi connectivity index (χ1v) is 15.1. The Bertz CT molecular complexity index is 1450. The van der Waals surface area contributed by atoms with Crippen LogP contribution in [0.15, 0.2) is 36.4 Å². The first-order valence-electron chi connectivity index (χ1n) is 15.1. The van der Waals surface area contributed by atoms with Gasteiger partial charge >= 0.3 is 11.9 Å². The van der Waals surface area contributed by atoms with E-state index < -0.39 is 29.1 Å². The summed E-state index contributed by atoms with van der Waals surface area (Å²) in [7, 11) is 0. The number of aromatic hydroxyl groups is 1. The van der Waals surface area contributed by atoms with Crippen molar-refractivity contribution in [2.45, 2.75) is 93.9 Å². The first-order chi connectivity index (χ1) is 20.3. The summed E-state index contributed by atoms with van der Waals surface area (Å²) in [6, 6.07) is 11.4. The third-order valence-electron chi connectivity index (χ3n) is 10.3. The molecule has 2 heterocycles. The second-order valence-electron chi connectivity index (χ2n) is 13.8. The lowest BCUT2D eigenvalue weighted by Gasteiger charge is -2.64. The van der Waals surface area contributed by atoms with E-state index in [0.29, 0.717) is 24.2 Å². The van der Waals surface area contributed by atoms with Crippen LogP contribution in [0.5, 0.6) is 11.5 Å². The number of nitrogens with zero attached hydrogens (tertiary/aromatic N) is 1. The average molecular weight is 593 g/mol. The quantitative estimate of drug-likeness (QED) is 0.337. The third kappa shape index (κ3) is 4.75. The van der Waals surface area contributed by atoms with E-state index in [4.69, 9.17) is 24.5 Å². The number of aliphatic hydroxyl groups is 1. The number of carbonyl (C=O) groups excluding carboxylic acids is 1. The van der Waals surface area contributed by atoms with Crippen molar-refractivity contribution in [2.24, 2.45) is 5.92 Å². The monoisotopic (exact) mass is 592 g/mol. The Hall–Kier alpha value is -3.63. The number of benzene rings is 2. The van der Waals surface area contributed by atoms with Crippen LogP contribution in [-0.4, -0.2) is 80.1 Å². The average Bonchev–Trinajstić information content (AvgIpc) is 3.69. The predicted octanol–water partition coefficient (Wildman–Crippen LogP) is 3.21. The smallest absolute Gasteiger partial charge is 0.414 e. The van der Waals surface area contributed by atoms with Gasteiger partial charge in [-0.2, -0.15) is 0 Å². The van der Waals surface area contributed by atoms with Gasteiger partial charge in [0.25, 0.3) is 5.91 Å². The van der Waals surface area contributed by atoms with Gasteiger partial charge in [-0.05, 0) is 85.7 Å². The van der Waals surface area contributed by atoms with Gasteiger partial charge in [0.2, 0.25) is 0 Å². The minimum Gasteiger partial charge on any atom is -0.504 e. The van der Waals surface area contributed by atoms with Gasteiger partial charge in [-0.25, -0.2) is 9.59 Å². The SMILES string of the molecule is CC(C)(C)c1ccc(C(=O)N[C@@H]2CC[C@@]3(O)[C@H]4Cc5ccc(O)c6c5C3(CCN4CC3CC3)[C@H]2O6)cc1.O=C(O)C(=O)O. The van der Waals surface area contributed by atoms with Crippen LogP contribution in [0.3, 0.4) is 0 Å². The Labute approximate surface area is 250 Å². The van der Waals surface area contributed by atoms with Crippen molar-refractivity contribution in [2.75, 3.05) is 13.1 Å². The highest BCUT2D eigenvalue weighted by molar-refractivity contribution is 6.27. The molecule has 2 aliphatic heterocycles. The number of hydrogen-bond acceptors (Lipinski definition) is 7. The Balaban J connectivity index is 0.000000501. The van der Waals surface area contributed by atoms with E-state index in [2.05, 4.69) is 31.0 Å². The summed E-state index contributed by atoms with van der Waals surface area (Å²) in [6.07, 6.45) is 4.98. The Kier molecular flexibility index (Phi) is 7.01. The van der Waals surface area contributed by atoms with Gasteiger partial charge in [0.15, 0.2) is 11.5 Å². The molecule has 7 rings (SSSR count). The number of carbonyl (C=O) groups is 3. The topological polar surface area (TPSA) is 157 Å². The summed E-state index contributed by atoms with van der Waals surface area (Å²) in [5, 5.41) is 41.4. The molecule has 0 radical (unpaired) electrons. The number of carboxylic acids is 2. The number of likely N-dealkylation sites (tertiary alicyclic amines) is 1. The number of amides is 1. The molecule has 1 spiro atoms. The number of nitrogens with one attached hydrogen (secondary N) is 1. The number of phenols is 1. The summed E-state index contributed by atoms with van der Waals surface area (Å²) >= 11 is 0. The summed E-state index contributed by atoms with van der Waals surface area (Å²) in [5.74, 6) is -2.36. The van der Waals surface area contributed by atoms with Crippen LogP contribution in [-0.2, 0) is 26.8 Å². The van der Waals surface area contributed by atoms with Gasteiger partial charge in [0, 0.05) is 23.7 Å². The number of piperidine rings is 1. The molecular weight excluding hydrogens is 552 g/mol. The molecule has 5 N–H and O–H groups in total. The van der Waals surface area contributed by atoms with E-state index in [1.54, 1.807) is 6.07 Å². The highest BCUT2D eigenvalue weighted by Crippen LogP contribution is 2.65. The van der Waals surface area contributed by atoms with Gasteiger partial charge in [0.05, 0.1) is 17.1 Å². The molecule has 2 saturated carbocycles. The fourth-order valence-electron chi connectivity index (χ4n) is 8.00. The minimum atomic E-state index is -1.82. The van der Waals surface area contributed by atoms with Crippen molar-refractivity contribution in [3.63, 3.8) is 0 Å². The van der Waals surface area contributed by atoms with E-state index in [0.717, 1.165) is 37.4 Å². The van der Waals surface area contributed by atoms with Crippen molar-refractivity contribution in [3.8, 4) is 11.5 Å². The standard InChI is InChI=1S/C31H38N2O4.C2H2O4/c1-29(2,3)21-9-6-19(7-10-21)28(35)32-22-12-13-31(36)24-16-20-8-11-23(34)26-25(20)30(31,27(22)37-26)14-15-33(24)17-18-4-5-18;3-1(4)2(5)6/h6-11,18,22,24,27,34,36H,4-5,12-17H2,1-3H3,(H,32,35);(H,3,4)(H,5,6)/t22-,24-,27+,30?,31-;/m1./s1. The predicted molar refractivity (Wildman–Crippen MR) is 156 cm³/mol. The van der Waals surface area contributed by atoms with Crippen LogP contribution in [0.2, 0.25) is 0 Å². The molecule has 5 atom stereocenters. The zero-order chi connectivity index (χ0) is 30.9. The maximum absolute atomic E-state index is 13.4. The maximum atomic E-state index is 13.4. The zero-order valence-electron chi connectivity index (χ0n) is 24.8. The zero-order valence-corrected chi connectivity index (χ0v) is 24.8. The normalized spacial score (nSPS) is 30.3. The number of rotatable bonds is 4. The minimum absolute atomic E-state index is 0.0249. The molecule has 10 nitrogen and oxygen atoms in total. The van der Waals surface area contributed by atoms with Crippen molar-refractivity contribution < 1.29 is 39.5 Å². The van der Waals surface area contributed by atoms with E-state index in [9.17, 15) is 15.0 Å². The fourth-order valence-corrected chi connectivity index (χ4v) is 8.00. The molecule has 1 unspecified atom stereocenters. The number of ether oxygens (including phenoxy) is 1. The van der Waals surface area contributed by atoms with Crippen molar-refractivity contribution in [1.82, 2.24) is 10.2 Å². The highest BCUT2D eigenvalue weighted by atomic mass is 16.5. The Morgan fingerprint density at radius 3 is 2.28 bits per heavy atom. The Morgan fingerprint density at radius 1 is 1.00 bits per heavy atom. The van der Waals surface area contributed by atoms with Crippen LogP contribution in [0.25, 0.3) is 0 Å². The van der Waals surface area contributed by atoms with E-state index in [-0.39, 0.29) is 29.2 Å². The van der Waals surface area contributed by atoms with Gasteiger partial charge in [-0.3, -0.25) is 9.69 Å². The molecular formula is C33H40N2O8. The summed E-state index contributed by atoms with van der Waals surface area (Å²) in [6.45, 7) is 8.45. The molecule has 3 fully saturated rings. The molecule has 2 bridgehead atoms. The van der Waals surface area contributed by atoms with Crippen LogP contribution in [0, 0.1) is 5.92 Å². The second kappa shape index (κ2) is 10.2. The summed E-state index contributed by atoms with van der Waals surface area (Å²) < 4.78 is 6.57. The molecule has 3 aliphatic carbocycles. The lowest BCUT2D eigenvalue weighted by molar-refractivity contribution is -0.191. The van der Waals surface area contributed by atoms with Crippen molar-refractivity contribution in [1.29, 1.82) is 0 Å². The molecule has 230 valence electrons. The van der Waals surface area contributed by atoms with Crippen LogP contribution >= 0.6 is 0 Å². The maximum Gasteiger partial charge on any atom is 0.414 e. The van der Waals surface area contributed by atoms with Crippen molar-refractivity contribution >= 4 is 17.8 Å². The van der Waals surface area contributed by atoms with Crippen LogP contribution in [0.4, 0.5) is 0 Å². The lowest BCUT2D eigenvalue weighted by Crippen LogP contribution is -2.78. The van der Waals surface area contributed by atoms with E-state index in [1.165, 1.54) is 24.0 Å². The van der Waals surface area contributed by atoms with E-state index in [1.807, 2.05) is 30.3 Å². The van der Waals surface area contributed by atoms with Crippen molar-refractivity contribution in [3.05, 3.63) is 58.7 Å².